The van der Waals surface area contributed by atoms with Gasteiger partial charge >= 0.3 is 0 Å². The van der Waals surface area contributed by atoms with Crippen LogP contribution in [0, 0.1) is 0 Å². The molecule has 20 heavy (non-hydrogen) atoms. The normalized spacial score (nSPS) is 10.2. The number of aliphatic hydroxyl groups is 1. The molecule has 0 amide bonds. The van der Waals surface area contributed by atoms with Gasteiger partial charge in [-0.05, 0) is 32.9 Å². The Kier molecular flexibility index (Phi) is 26.6. The summed E-state index contributed by atoms with van der Waals surface area (Å²) in [5, 5.41) is 11.1. The Morgan fingerprint density at radius 2 is 0.850 bits per heavy atom. The summed E-state index contributed by atoms with van der Waals surface area (Å²) in [6.07, 6.45) is 16.9. The predicted octanol–water partition coefficient (Wildman–Crippen LogP) is 5.30. The standard InChI is InChI=1S/C16H35N.C2H6O/c1-3-5-7-9-11-13-15-17-16-14-12-10-8-6-4-2;1-2-3/h17H,3-16H2,1-2H3;3H,2H2,1H3. The van der Waals surface area contributed by atoms with Crippen LogP contribution in [0.15, 0.2) is 0 Å². The Balaban J connectivity index is 0. The molecule has 0 unspecified atom stereocenters. The Morgan fingerprint density at radius 3 is 1.20 bits per heavy atom. The monoisotopic (exact) mass is 287 g/mol. The van der Waals surface area contributed by atoms with Crippen LogP contribution in [-0.4, -0.2) is 24.8 Å². The van der Waals surface area contributed by atoms with E-state index in [0.29, 0.717) is 0 Å². The molecule has 0 heterocycles. The van der Waals surface area contributed by atoms with E-state index >= 15 is 0 Å². The third-order valence-electron chi connectivity index (χ3n) is 3.41. The van der Waals surface area contributed by atoms with E-state index in [2.05, 4.69) is 19.2 Å². The molecule has 0 bridgehead atoms. The number of aliphatic hydroxyl groups excluding tert-OH is 1. The smallest absolute Gasteiger partial charge is 0.0402 e. The van der Waals surface area contributed by atoms with Crippen molar-refractivity contribution in [3.8, 4) is 0 Å². The van der Waals surface area contributed by atoms with Crippen LogP contribution in [0.25, 0.3) is 0 Å². The zero-order valence-corrected chi connectivity index (χ0v) is 14.6. The van der Waals surface area contributed by atoms with E-state index in [1.54, 1.807) is 6.92 Å². The van der Waals surface area contributed by atoms with Crippen LogP contribution in [0.1, 0.15) is 97.8 Å². The molecule has 0 saturated carbocycles. The molecule has 0 atom stereocenters. The van der Waals surface area contributed by atoms with E-state index in [1.807, 2.05) is 0 Å². The van der Waals surface area contributed by atoms with E-state index in [-0.39, 0.29) is 6.61 Å². The maximum atomic E-state index is 7.57. The van der Waals surface area contributed by atoms with Gasteiger partial charge < -0.3 is 10.4 Å². The Hall–Kier alpha value is -0.0800. The number of unbranched alkanes of at least 4 members (excludes halogenated alkanes) is 10. The molecule has 0 saturated heterocycles. The van der Waals surface area contributed by atoms with Crippen LogP contribution in [0.5, 0.6) is 0 Å². The first kappa shape index (κ1) is 22.2. The SMILES string of the molecule is CCCCCCCCNCCCCCCCC.CCO. The van der Waals surface area contributed by atoms with Crippen LogP contribution in [0.3, 0.4) is 0 Å². The number of hydrogen-bond donors (Lipinski definition) is 2. The molecule has 0 aliphatic rings. The second kappa shape index (κ2) is 24.0. The summed E-state index contributed by atoms with van der Waals surface area (Å²) in [5.74, 6) is 0. The third kappa shape index (κ3) is 26.5. The molecule has 2 heteroatoms. The van der Waals surface area contributed by atoms with Crippen molar-refractivity contribution in [3.05, 3.63) is 0 Å². The largest absolute Gasteiger partial charge is 0.397 e. The second-order valence-corrected chi connectivity index (χ2v) is 5.60. The third-order valence-corrected chi connectivity index (χ3v) is 3.41. The van der Waals surface area contributed by atoms with Crippen molar-refractivity contribution in [1.29, 1.82) is 0 Å². The van der Waals surface area contributed by atoms with Gasteiger partial charge in [0.2, 0.25) is 0 Å². The van der Waals surface area contributed by atoms with E-state index in [4.69, 9.17) is 5.11 Å². The van der Waals surface area contributed by atoms with E-state index in [9.17, 15) is 0 Å². The average Bonchev–Trinajstić information content (AvgIpc) is 2.45. The first-order valence-corrected chi connectivity index (χ1v) is 9.14. The Bertz CT molecular complexity index is 125. The number of rotatable bonds is 14. The summed E-state index contributed by atoms with van der Waals surface area (Å²) in [4.78, 5) is 0. The van der Waals surface area contributed by atoms with Gasteiger partial charge in [-0.2, -0.15) is 0 Å². The summed E-state index contributed by atoms with van der Waals surface area (Å²) in [5.41, 5.74) is 0. The van der Waals surface area contributed by atoms with Gasteiger partial charge in [-0.1, -0.05) is 78.1 Å². The molecule has 0 aliphatic carbocycles. The topological polar surface area (TPSA) is 32.3 Å². The highest BCUT2D eigenvalue weighted by molar-refractivity contribution is 4.51. The van der Waals surface area contributed by atoms with Crippen LogP contribution in [-0.2, 0) is 0 Å². The van der Waals surface area contributed by atoms with Gasteiger partial charge in [-0.15, -0.1) is 0 Å². The van der Waals surface area contributed by atoms with Gasteiger partial charge in [0.15, 0.2) is 0 Å². The van der Waals surface area contributed by atoms with Gasteiger partial charge in [0.25, 0.3) is 0 Å². The zero-order valence-electron chi connectivity index (χ0n) is 14.6. The lowest BCUT2D eigenvalue weighted by Gasteiger charge is -2.04. The average molecular weight is 288 g/mol. The lowest BCUT2D eigenvalue weighted by molar-refractivity contribution is 0.318. The van der Waals surface area contributed by atoms with E-state index in [0.717, 1.165) is 0 Å². The molecule has 2 N–H and O–H groups in total. The molecular formula is C18H41NO. The van der Waals surface area contributed by atoms with Crippen LogP contribution < -0.4 is 5.32 Å². The van der Waals surface area contributed by atoms with Gasteiger partial charge in [-0.25, -0.2) is 0 Å². The number of nitrogens with one attached hydrogen (secondary N) is 1. The lowest BCUT2D eigenvalue weighted by Crippen LogP contribution is -2.16. The highest BCUT2D eigenvalue weighted by Crippen LogP contribution is 2.05. The maximum absolute atomic E-state index is 7.57. The molecule has 2 nitrogen and oxygen atoms in total. The molecule has 0 fully saturated rings. The highest BCUT2D eigenvalue weighted by Gasteiger charge is 1.92. The van der Waals surface area contributed by atoms with Crippen LogP contribution >= 0.6 is 0 Å². The molecule has 124 valence electrons. The predicted molar refractivity (Wildman–Crippen MR) is 92.4 cm³/mol. The summed E-state index contributed by atoms with van der Waals surface area (Å²) in [6, 6.07) is 0. The van der Waals surface area contributed by atoms with Crippen LogP contribution in [0.2, 0.25) is 0 Å². The summed E-state index contributed by atoms with van der Waals surface area (Å²) in [7, 11) is 0. The van der Waals surface area contributed by atoms with Crippen molar-refractivity contribution < 1.29 is 5.11 Å². The zero-order chi connectivity index (χ0) is 15.3. The van der Waals surface area contributed by atoms with Crippen molar-refractivity contribution in [2.75, 3.05) is 19.7 Å². The molecule has 0 aromatic heterocycles. The molecule has 0 spiro atoms. The maximum Gasteiger partial charge on any atom is 0.0402 e. The minimum atomic E-state index is 0.250. The van der Waals surface area contributed by atoms with Crippen molar-refractivity contribution in [2.24, 2.45) is 0 Å². The first-order chi connectivity index (χ1) is 9.83. The van der Waals surface area contributed by atoms with E-state index in [1.165, 1.54) is 90.1 Å². The fraction of sp³-hybridized carbons (Fsp3) is 1.00. The summed E-state index contributed by atoms with van der Waals surface area (Å²) < 4.78 is 0. The van der Waals surface area contributed by atoms with E-state index < -0.39 is 0 Å². The summed E-state index contributed by atoms with van der Waals surface area (Å²) >= 11 is 0. The Morgan fingerprint density at radius 1 is 0.550 bits per heavy atom. The first-order valence-electron chi connectivity index (χ1n) is 9.14. The molecule has 0 aromatic rings. The highest BCUT2D eigenvalue weighted by atomic mass is 16.2. The quantitative estimate of drug-likeness (QED) is 0.425. The molecule has 0 rings (SSSR count). The van der Waals surface area contributed by atoms with Gasteiger partial charge in [0, 0.05) is 6.61 Å². The number of hydrogen-bond acceptors (Lipinski definition) is 2. The molecule has 0 aliphatic heterocycles. The van der Waals surface area contributed by atoms with Crippen molar-refractivity contribution in [2.45, 2.75) is 97.8 Å². The fourth-order valence-corrected chi connectivity index (χ4v) is 2.19. The molecule has 0 radical (unpaired) electrons. The fourth-order valence-electron chi connectivity index (χ4n) is 2.19. The van der Waals surface area contributed by atoms with Crippen molar-refractivity contribution in [1.82, 2.24) is 5.32 Å². The molecule has 0 aromatic carbocycles. The second-order valence-electron chi connectivity index (χ2n) is 5.60. The van der Waals surface area contributed by atoms with Gasteiger partial charge in [0.05, 0.1) is 0 Å². The minimum Gasteiger partial charge on any atom is -0.397 e. The molecular weight excluding hydrogens is 246 g/mol. The Labute approximate surface area is 128 Å². The van der Waals surface area contributed by atoms with Crippen LogP contribution in [0.4, 0.5) is 0 Å². The minimum absolute atomic E-state index is 0.250. The van der Waals surface area contributed by atoms with Crippen molar-refractivity contribution >= 4 is 0 Å². The van der Waals surface area contributed by atoms with Crippen molar-refractivity contribution in [3.63, 3.8) is 0 Å². The van der Waals surface area contributed by atoms with Gasteiger partial charge in [0.1, 0.15) is 0 Å². The summed E-state index contributed by atoms with van der Waals surface area (Å²) in [6.45, 7) is 8.96. The lowest BCUT2D eigenvalue weighted by atomic mass is 10.1. The van der Waals surface area contributed by atoms with Gasteiger partial charge in [-0.3, -0.25) is 0 Å².